The molecule has 0 bridgehead atoms. The average Bonchev–Trinajstić information content (AvgIpc) is 2.83. The maximum absolute atomic E-state index is 7.81. The molecule has 0 spiro atoms. The number of unbranched alkanes of at least 4 members (excludes halogenated alkanes) is 2. The van der Waals surface area contributed by atoms with E-state index in [9.17, 15) is 0 Å². The molecule has 1 heterocycles. The summed E-state index contributed by atoms with van der Waals surface area (Å²) in [6, 6.07) is 22.4. The van der Waals surface area contributed by atoms with Gasteiger partial charge in [-0.25, -0.2) is 0 Å². The molecule has 0 aliphatic carbocycles. The Kier molecular flexibility index (Phi) is 8.75. The maximum atomic E-state index is 7.81. The Hall–Kier alpha value is -0.514. The summed E-state index contributed by atoms with van der Waals surface area (Å²) < 4.78 is 7.81. The Morgan fingerprint density at radius 1 is 0.733 bits per heavy atom. The zero-order valence-electron chi connectivity index (χ0n) is 19.8. The van der Waals surface area contributed by atoms with E-state index < -0.39 is 22.9 Å². The van der Waals surface area contributed by atoms with Crippen molar-refractivity contribution in [3.63, 3.8) is 0 Å². The van der Waals surface area contributed by atoms with Crippen LogP contribution in [0, 0.1) is 0 Å². The summed E-state index contributed by atoms with van der Waals surface area (Å²) in [5, 5.41) is 7.36. The minimum absolute atomic E-state index is 0.221. The fourth-order valence-corrected chi connectivity index (χ4v) is 64.7. The van der Waals surface area contributed by atoms with E-state index in [1.165, 1.54) is 59.0 Å². The molecule has 2 aromatic rings. The monoisotopic (exact) mass is 530 g/mol. The summed E-state index contributed by atoms with van der Waals surface area (Å²) in [6.07, 6.45) is 6.75. The SMILES string of the molecule is CCC[CH2][Ge]1([CH2]CCC)[CH2]CC(c2ccccc2)(c2ccccc2)[O][Ge]1([CH2]C)[CH2]C. The molecule has 1 fully saturated rings. The fraction of sp³-hybridized carbons (Fsp3) is 0.556. The van der Waals surface area contributed by atoms with Crippen LogP contribution in [0.5, 0.6) is 0 Å². The summed E-state index contributed by atoms with van der Waals surface area (Å²) in [6.45, 7) is 9.75. The van der Waals surface area contributed by atoms with Gasteiger partial charge in [0.2, 0.25) is 0 Å². The van der Waals surface area contributed by atoms with Crippen LogP contribution >= 0.6 is 0 Å². The van der Waals surface area contributed by atoms with Crippen LogP contribution in [0.15, 0.2) is 60.7 Å². The second-order valence-corrected chi connectivity index (χ2v) is 46.9. The zero-order chi connectivity index (χ0) is 21.5. The van der Waals surface area contributed by atoms with Crippen LogP contribution in [-0.4, -0.2) is 22.9 Å². The van der Waals surface area contributed by atoms with Crippen molar-refractivity contribution in [1.29, 1.82) is 0 Å². The van der Waals surface area contributed by atoms with Crippen LogP contribution in [0.25, 0.3) is 0 Å². The topological polar surface area (TPSA) is 9.23 Å². The molecule has 0 N–H and O–H groups in total. The van der Waals surface area contributed by atoms with Crippen LogP contribution in [0.1, 0.15) is 70.9 Å². The van der Waals surface area contributed by atoms with Gasteiger partial charge in [0.1, 0.15) is 0 Å². The molecule has 1 aliphatic rings. The summed E-state index contributed by atoms with van der Waals surface area (Å²) in [5.41, 5.74) is 2.55. The summed E-state index contributed by atoms with van der Waals surface area (Å²) >= 11 is -4.51. The third-order valence-corrected chi connectivity index (χ3v) is 64.4. The first-order valence-corrected chi connectivity index (χ1v) is 27.2. The molecule has 2 aromatic carbocycles. The molecule has 1 nitrogen and oxygen atoms in total. The van der Waals surface area contributed by atoms with E-state index in [0.717, 1.165) is 0 Å². The van der Waals surface area contributed by atoms with Crippen molar-refractivity contribution in [2.24, 2.45) is 0 Å². The molecule has 1 saturated heterocycles. The number of hydrogen-bond donors (Lipinski definition) is 0. The Balaban J connectivity index is 2.13. The van der Waals surface area contributed by atoms with E-state index in [-0.39, 0.29) is 5.60 Å². The molecule has 0 saturated carbocycles. The van der Waals surface area contributed by atoms with E-state index in [2.05, 4.69) is 88.4 Å². The van der Waals surface area contributed by atoms with Crippen LogP contribution in [0.3, 0.4) is 0 Å². The molecule has 30 heavy (non-hydrogen) atoms. The number of rotatable bonds is 10. The van der Waals surface area contributed by atoms with Gasteiger partial charge in [-0.1, -0.05) is 0 Å². The summed E-state index contributed by atoms with van der Waals surface area (Å²) in [5.74, 6) is 0. The van der Waals surface area contributed by atoms with Crippen LogP contribution in [-0.2, 0) is 9.36 Å². The second-order valence-electron chi connectivity index (χ2n) is 9.35. The molecule has 3 heteroatoms. The molecule has 0 radical (unpaired) electrons. The van der Waals surface area contributed by atoms with E-state index in [1.807, 2.05) is 0 Å². The van der Waals surface area contributed by atoms with Gasteiger partial charge in [-0.05, 0) is 0 Å². The van der Waals surface area contributed by atoms with Crippen LogP contribution < -0.4 is 0 Å². The van der Waals surface area contributed by atoms with Crippen molar-refractivity contribution in [1.82, 2.24) is 0 Å². The van der Waals surface area contributed by atoms with Crippen LogP contribution in [0.2, 0.25) is 26.3 Å². The van der Waals surface area contributed by atoms with E-state index in [4.69, 9.17) is 3.76 Å². The molecule has 0 unspecified atom stereocenters. The normalized spacial score (nSPS) is 19.5. The van der Waals surface area contributed by atoms with Crippen LogP contribution in [0.4, 0.5) is 0 Å². The third-order valence-electron chi connectivity index (χ3n) is 7.93. The van der Waals surface area contributed by atoms with Crippen molar-refractivity contribution in [3.8, 4) is 0 Å². The number of benzene rings is 2. The van der Waals surface area contributed by atoms with E-state index >= 15 is 0 Å². The van der Waals surface area contributed by atoms with Gasteiger partial charge in [-0.2, -0.15) is 0 Å². The first-order valence-electron chi connectivity index (χ1n) is 12.4. The van der Waals surface area contributed by atoms with Crippen molar-refractivity contribution in [2.45, 2.75) is 91.7 Å². The van der Waals surface area contributed by atoms with Gasteiger partial charge in [0.05, 0.1) is 0 Å². The summed E-state index contributed by atoms with van der Waals surface area (Å²) in [4.78, 5) is 0. The predicted octanol–water partition coefficient (Wildman–Crippen LogP) is 8.46. The molecular formula is C27H42Ge2O. The van der Waals surface area contributed by atoms with Crippen molar-refractivity contribution in [3.05, 3.63) is 71.8 Å². The molecule has 0 atom stereocenters. The molecule has 3 rings (SSSR count). The van der Waals surface area contributed by atoms with Gasteiger partial charge in [0.25, 0.3) is 0 Å². The van der Waals surface area contributed by atoms with Crippen molar-refractivity contribution < 1.29 is 3.76 Å². The Morgan fingerprint density at radius 2 is 1.20 bits per heavy atom. The first kappa shape index (κ1) is 24.1. The van der Waals surface area contributed by atoms with E-state index in [0.29, 0.717) is 0 Å². The first-order chi connectivity index (χ1) is 14.6. The molecule has 164 valence electrons. The van der Waals surface area contributed by atoms with Crippen molar-refractivity contribution >= 4 is 22.9 Å². The van der Waals surface area contributed by atoms with Gasteiger partial charge >= 0.3 is 190 Å². The van der Waals surface area contributed by atoms with Gasteiger partial charge in [0.15, 0.2) is 0 Å². The quantitative estimate of drug-likeness (QED) is 0.282. The molecule has 0 aromatic heterocycles. The average molecular weight is 528 g/mol. The second kappa shape index (κ2) is 10.9. The zero-order valence-corrected chi connectivity index (χ0v) is 23.9. The molecular weight excluding hydrogens is 486 g/mol. The standard InChI is InChI=1S/C27H42Ge2O/c1-5-9-22-28(23-10-6-2)24-21-27(25-17-13-11-14-18-25,26-19-15-12-16-20-26)30-29(28,7-3)8-4/h11-20H,5-10,21-24H2,1-4H3. The van der Waals surface area contributed by atoms with Gasteiger partial charge in [-0.3, -0.25) is 0 Å². The Morgan fingerprint density at radius 3 is 1.60 bits per heavy atom. The molecule has 1 aliphatic heterocycles. The van der Waals surface area contributed by atoms with E-state index in [1.54, 1.807) is 10.5 Å². The molecule has 0 amide bonds. The Labute approximate surface area is 189 Å². The van der Waals surface area contributed by atoms with Crippen molar-refractivity contribution in [2.75, 3.05) is 0 Å². The summed E-state index contributed by atoms with van der Waals surface area (Å²) in [7, 11) is 0. The fourth-order valence-electron chi connectivity index (χ4n) is 6.13. The van der Waals surface area contributed by atoms with Gasteiger partial charge < -0.3 is 0 Å². The van der Waals surface area contributed by atoms with Gasteiger partial charge in [-0.15, -0.1) is 0 Å². The van der Waals surface area contributed by atoms with Gasteiger partial charge in [0, 0.05) is 0 Å². The predicted molar refractivity (Wildman–Crippen MR) is 136 cm³/mol. The Bertz CT molecular complexity index is 707. The minimum atomic E-state index is -2.46. The number of hydrogen-bond acceptors (Lipinski definition) is 1. The third kappa shape index (κ3) is 4.50.